The number of benzene rings is 3. The molecule has 0 amide bonds. The van der Waals surface area contributed by atoms with E-state index in [1.807, 2.05) is 43.3 Å². The predicted molar refractivity (Wildman–Crippen MR) is 109 cm³/mol. The fourth-order valence-corrected chi connectivity index (χ4v) is 4.51. The van der Waals surface area contributed by atoms with Crippen LogP contribution in [0.15, 0.2) is 36.4 Å². The lowest BCUT2D eigenvalue weighted by atomic mass is 9.90. The van der Waals surface area contributed by atoms with Gasteiger partial charge in [0.25, 0.3) is 0 Å². The van der Waals surface area contributed by atoms with E-state index in [4.69, 9.17) is 55.9 Å². The molecule has 27 heavy (non-hydrogen) atoms. The SMILES string of the molecule is CCO[C@H]1O[C@H](c2c(Cl)c(Cl)c(O)c(Cl)c2Cl)c2cccc3cccc1c23. The third-order valence-electron chi connectivity index (χ3n) is 4.62. The van der Waals surface area contributed by atoms with Crippen LogP contribution in [0.1, 0.15) is 36.0 Å². The van der Waals surface area contributed by atoms with Crippen LogP contribution in [-0.2, 0) is 9.47 Å². The van der Waals surface area contributed by atoms with E-state index in [1.54, 1.807) is 0 Å². The van der Waals surface area contributed by atoms with Gasteiger partial charge in [-0.3, -0.25) is 0 Å². The molecule has 4 rings (SSSR count). The molecule has 0 bridgehead atoms. The highest BCUT2D eigenvalue weighted by molar-refractivity contribution is 6.49. The van der Waals surface area contributed by atoms with E-state index in [9.17, 15) is 5.11 Å². The lowest BCUT2D eigenvalue weighted by molar-refractivity contribution is -0.167. The number of ether oxygens (including phenoxy) is 2. The summed E-state index contributed by atoms with van der Waals surface area (Å²) >= 11 is 25.2. The van der Waals surface area contributed by atoms with Crippen molar-refractivity contribution in [2.45, 2.75) is 19.3 Å². The summed E-state index contributed by atoms with van der Waals surface area (Å²) in [6.45, 7) is 2.36. The normalized spacial score (nSPS) is 18.9. The molecule has 0 aliphatic carbocycles. The third-order valence-corrected chi connectivity index (χ3v) is 6.33. The lowest BCUT2D eigenvalue weighted by Gasteiger charge is -2.33. The Kier molecular flexibility index (Phi) is 5.19. The van der Waals surface area contributed by atoms with Gasteiger partial charge in [0.1, 0.15) is 16.1 Å². The maximum Gasteiger partial charge on any atom is 0.185 e. The maximum atomic E-state index is 10.0. The van der Waals surface area contributed by atoms with Crippen molar-refractivity contribution >= 4 is 57.2 Å². The van der Waals surface area contributed by atoms with E-state index in [2.05, 4.69) is 0 Å². The largest absolute Gasteiger partial charge is 0.505 e. The van der Waals surface area contributed by atoms with Crippen molar-refractivity contribution < 1.29 is 14.6 Å². The first-order valence-corrected chi connectivity index (χ1v) is 9.80. The smallest absolute Gasteiger partial charge is 0.185 e. The zero-order valence-electron chi connectivity index (χ0n) is 14.1. The first-order chi connectivity index (χ1) is 13.0. The monoisotopic (exact) mass is 442 g/mol. The summed E-state index contributed by atoms with van der Waals surface area (Å²) in [5.74, 6) is -0.354. The molecular weight excluding hydrogens is 430 g/mol. The molecule has 1 N–H and O–H groups in total. The molecule has 1 heterocycles. The summed E-state index contributed by atoms with van der Waals surface area (Å²) < 4.78 is 12.1. The van der Waals surface area contributed by atoms with Gasteiger partial charge >= 0.3 is 0 Å². The van der Waals surface area contributed by atoms with E-state index in [1.165, 1.54) is 0 Å². The molecule has 1 aliphatic rings. The van der Waals surface area contributed by atoms with Gasteiger partial charge in [-0.25, -0.2) is 0 Å². The highest BCUT2D eigenvalue weighted by Crippen LogP contribution is 2.52. The number of rotatable bonds is 3. The van der Waals surface area contributed by atoms with Crippen LogP contribution >= 0.6 is 46.4 Å². The van der Waals surface area contributed by atoms with Crippen LogP contribution in [0.4, 0.5) is 0 Å². The van der Waals surface area contributed by atoms with Crippen molar-refractivity contribution in [3.8, 4) is 5.75 Å². The topological polar surface area (TPSA) is 38.7 Å². The summed E-state index contributed by atoms with van der Waals surface area (Å²) in [5, 5.41) is 12.2. The summed E-state index contributed by atoms with van der Waals surface area (Å²) in [6.07, 6.45) is -1.26. The number of phenols is 1. The number of hydrogen-bond donors (Lipinski definition) is 1. The predicted octanol–water partition coefficient (Wildman–Crippen LogP) is 7.31. The Bertz CT molecular complexity index is 1020. The van der Waals surface area contributed by atoms with Crippen LogP contribution in [0.2, 0.25) is 20.1 Å². The quantitative estimate of drug-likeness (QED) is 0.431. The molecule has 2 atom stereocenters. The van der Waals surface area contributed by atoms with E-state index in [-0.39, 0.29) is 25.8 Å². The molecule has 0 radical (unpaired) electrons. The third kappa shape index (κ3) is 2.98. The standard InChI is InChI=1S/C20H14Cl4O3/c1-2-26-20-11-8-4-6-9-5-3-7-10(12(9)11)19(27-20)13-14(21)16(23)18(25)17(24)15(13)22/h3-8,19-20,25H,2H2,1H3/t19-,20-/m0/s1. The molecule has 140 valence electrons. The summed E-state index contributed by atoms with van der Waals surface area (Å²) in [5.41, 5.74) is 2.21. The van der Waals surface area contributed by atoms with Crippen molar-refractivity contribution in [2.24, 2.45) is 0 Å². The van der Waals surface area contributed by atoms with Gasteiger partial charge in [-0.15, -0.1) is 0 Å². The average Bonchev–Trinajstić information content (AvgIpc) is 2.68. The van der Waals surface area contributed by atoms with Crippen LogP contribution in [0.25, 0.3) is 10.8 Å². The number of hydrogen-bond acceptors (Lipinski definition) is 3. The number of phenolic OH excluding ortho intramolecular Hbond substituents is 1. The Morgan fingerprint density at radius 3 is 2.11 bits per heavy atom. The summed E-state index contributed by atoms with van der Waals surface area (Å²) in [4.78, 5) is 0. The minimum absolute atomic E-state index is 0.0661. The van der Waals surface area contributed by atoms with Gasteiger partial charge in [-0.2, -0.15) is 0 Å². The summed E-state index contributed by atoms with van der Waals surface area (Å²) in [7, 11) is 0. The van der Waals surface area contributed by atoms with Gasteiger partial charge in [-0.05, 0) is 23.3 Å². The molecule has 0 saturated carbocycles. The Labute approximate surface area is 176 Å². The zero-order chi connectivity index (χ0) is 19.3. The maximum absolute atomic E-state index is 10.0. The van der Waals surface area contributed by atoms with Gasteiger partial charge in [0.05, 0.1) is 10.0 Å². The second-order valence-corrected chi connectivity index (χ2v) is 7.63. The molecule has 0 spiro atoms. The highest BCUT2D eigenvalue weighted by Gasteiger charge is 2.35. The molecule has 0 unspecified atom stereocenters. The number of aromatic hydroxyl groups is 1. The van der Waals surface area contributed by atoms with E-state index in [0.29, 0.717) is 12.2 Å². The molecule has 0 saturated heterocycles. The van der Waals surface area contributed by atoms with Gasteiger partial charge in [0.2, 0.25) is 0 Å². The fourth-order valence-electron chi connectivity index (χ4n) is 3.46. The van der Waals surface area contributed by atoms with Crippen molar-refractivity contribution in [1.29, 1.82) is 0 Å². The number of halogens is 4. The Balaban J connectivity index is 2.03. The highest BCUT2D eigenvalue weighted by atomic mass is 35.5. The van der Waals surface area contributed by atoms with Crippen molar-refractivity contribution in [3.05, 3.63) is 73.2 Å². The van der Waals surface area contributed by atoms with Crippen LogP contribution in [0.3, 0.4) is 0 Å². The molecule has 3 aromatic carbocycles. The second-order valence-electron chi connectivity index (χ2n) is 6.11. The van der Waals surface area contributed by atoms with Crippen LogP contribution in [0, 0.1) is 0 Å². The first-order valence-electron chi connectivity index (χ1n) is 8.29. The van der Waals surface area contributed by atoms with Gasteiger partial charge < -0.3 is 14.6 Å². The minimum Gasteiger partial charge on any atom is -0.505 e. The van der Waals surface area contributed by atoms with Crippen LogP contribution in [-0.4, -0.2) is 11.7 Å². The lowest BCUT2D eigenvalue weighted by Crippen LogP contribution is -2.21. The van der Waals surface area contributed by atoms with Crippen LogP contribution in [0.5, 0.6) is 5.75 Å². The van der Waals surface area contributed by atoms with Crippen molar-refractivity contribution in [1.82, 2.24) is 0 Å². The summed E-state index contributed by atoms with van der Waals surface area (Å²) in [6, 6.07) is 11.9. The van der Waals surface area contributed by atoms with Crippen molar-refractivity contribution in [3.63, 3.8) is 0 Å². The molecule has 0 aromatic heterocycles. The molecule has 3 aromatic rings. The Hall–Kier alpha value is -1.20. The molecule has 7 heteroatoms. The second kappa shape index (κ2) is 7.32. The van der Waals surface area contributed by atoms with E-state index >= 15 is 0 Å². The van der Waals surface area contributed by atoms with Crippen LogP contribution < -0.4 is 0 Å². The minimum atomic E-state index is -0.657. The molecule has 1 aliphatic heterocycles. The molecular formula is C20H14Cl4O3. The fraction of sp³-hybridized carbons (Fsp3) is 0.200. The average molecular weight is 444 g/mol. The first kappa shape index (κ1) is 19.1. The molecule has 0 fully saturated rings. The van der Waals surface area contributed by atoms with E-state index < -0.39 is 12.4 Å². The van der Waals surface area contributed by atoms with E-state index in [0.717, 1.165) is 21.9 Å². The van der Waals surface area contributed by atoms with Gasteiger partial charge in [-0.1, -0.05) is 82.8 Å². The van der Waals surface area contributed by atoms with Crippen molar-refractivity contribution in [2.75, 3.05) is 6.61 Å². The molecule has 3 nitrogen and oxygen atoms in total. The zero-order valence-corrected chi connectivity index (χ0v) is 17.1. The Morgan fingerprint density at radius 1 is 0.926 bits per heavy atom. The van der Waals surface area contributed by atoms with Gasteiger partial charge in [0.15, 0.2) is 12.0 Å². The van der Waals surface area contributed by atoms with Gasteiger partial charge in [0, 0.05) is 17.7 Å². The Morgan fingerprint density at radius 2 is 1.52 bits per heavy atom.